The Bertz CT molecular complexity index is 1170. The van der Waals surface area contributed by atoms with Gasteiger partial charge >= 0.3 is 0 Å². The molecule has 1 aliphatic carbocycles. The van der Waals surface area contributed by atoms with Crippen molar-refractivity contribution in [2.24, 2.45) is 5.41 Å². The van der Waals surface area contributed by atoms with E-state index in [4.69, 9.17) is 10.5 Å². The molecule has 0 bridgehead atoms. The first-order valence-electron chi connectivity index (χ1n) is 14.3. The normalized spacial score (nSPS) is 17.8. The van der Waals surface area contributed by atoms with Crippen molar-refractivity contribution in [3.05, 3.63) is 126 Å². The monoisotopic (exact) mass is 541 g/mol. The van der Waals surface area contributed by atoms with E-state index in [0.717, 1.165) is 54.2 Å². The highest BCUT2D eigenvalue weighted by atomic mass is 16.2. The van der Waals surface area contributed by atoms with E-state index in [0.29, 0.717) is 11.1 Å². The number of aliphatic hydroxyl groups is 1. The van der Waals surface area contributed by atoms with Crippen LogP contribution in [0.4, 0.5) is 5.69 Å². The van der Waals surface area contributed by atoms with Crippen LogP contribution in [0.1, 0.15) is 47.1 Å². The zero-order chi connectivity index (χ0) is 30.3. The van der Waals surface area contributed by atoms with Crippen molar-refractivity contribution in [2.75, 3.05) is 37.7 Å². The van der Waals surface area contributed by atoms with Gasteiger partial charge in [-0.3, -0.25) is 0 Å². The second kappa shape index (κ2) is 17.1. The number of aliphatic hydroxyl groups excluding tert-OH is 1. The Morgan fingerprint density at radius 1 is 1.05 bits per heavy atom. The van der Waals surface area contributed by atoms with Crippen LogP contribution >= 0.6 is 0 Å². The van der Waals surface area contributed by atoms with Gasteiger partial charge in [0.25, 0.3) is 0 Å². The molecule has 1 aromatic rings. The van der Waals surface area contributed by atoms with Crippen molar-refractivity contribution in [3.8, 4) is 0 Å². The molecule has 0 unspecified atom stereocenters. The Labute approximate surface area is 244 Å². The third kappa shape index (κ3) is 9.53. The van der Waals surface area contributed by atoms with Crippen molar-refractivity contribution in [3.63, 3.8) is 0 Å². The molecule has 4 heteroatoms. The molecule has 40 heavy (non-hydrogen) atoms. The molecule has 1 aromatic carbocycles. The molecule has 216 valence electrons. The fraction of sp³-hybridized carbons (Fsp3) is 0.361. The van der Waals surface area contributed by atoms with Gasteiger partial charge in [0, 0.05) is 55.2 Å². The highest BCUT2D eigenvalue weighted by Crippen LogP contribution is 2.44. The summed E-state index contributed by atoms with van der Waals surface area (Å²) in [7, 11) is 0. The fourth-order valence-corrected chi connectivity index (χ4v) is 4.69. The van der Waals surface area contributed by atoms with Crippen LogP contribution < -0.4 is 4.90 Å². The van der Waals surface area contributed by atoms with Gasteiger partial charge in [0.05, 0.1) is 5.71 Å². The summed E-state index contributed by atoms with van der Waals surface area (Å²) in [6.45, 7) is 30.3. The maximum atomic E-state index is 8.50. The summed E-state index contributed by atoms with van der Waals surface area (Å²) in [5.74, 6) is 0. The SMILES string of the molecule is C=C/C=C(\C(=C)C)C(=C)/C=C1/C=CC(N2CC3(C2)CN(c2cccc(C)c2)C3)=CC1=N.CC.CC=CC.CCO. The molecule has 2 fully saturated rings. The van der Waals surface area contributed by atoms with E-state index in [9.17, 15) is 0 Å². The number of allylic oxidation sites excluding steroid dienone is 12. The predicted molar refractivity (Wildman–Crippen MR) is 177 cm³/mol. The van der Waals surface area contributed by atoms with Gasteiger partial charge in [0.2, 0.25) is 0 Å². The molecule has 4 nitrogen and oxygen atoms in total. The average molecular weight is 542 g/mol. The first-order chi connectivity index (χ1) is 19.1. The number of likely N-dealkylation sites (tertiary alicyclic amines) is 1. The number of aryl methyl sites for hydroxylation is 1. The van der Waals surface area contributed by atoms with Crippen LogP contribution in [0.2, 0.25) is 0 Å². The molecule has 2 saturated heterocycles. The molecule has 4 rings (SSSR count). The Balaban J connectivity index is 0.000000788. The van der Waals surface area contributed by atoms with Crippen LogP contribution in [-0.2, 0) is 0 Å². The standard InChI is InChI=1S/C28H31N3.C4H8.C2H6O.C2H6/c1-6-8-26(20(2)3)22(5)14-23-11-12-25(15-27(23)29)31-18-28(19-31)16-30(17-28)24-10-7-9-21(4)13-24;1-3-4-2;1-2-3;1-2/h6-15,29H,1-2,5,16-19H2,3-4H3;3-4H,1-2H3;3H,2H2,1H3;1-2H3/b23-14-,26-8+,29-27?;;;. The Hall–Kier alpha value is -3.63. The summed E-state index contributed by atoms with van der Waals surface area (Å²) < 4.78 is 0. The maximum Gasteiger partial charge on any atom is 0.0633 e. The number of hydrogen-bond acceptors (Lipinski definition) is 4. The third-order valence-corrected chi connectivity index (χ3v) is 6.63. The average Bonchev–Trinajstić information content (AvgIpc) is 2.88. The Morgan fingerprint density at radius 2 is 1.62 bits per heavy atom. The second-order valence-electron chi connectivity index (χ2n) is 10.1. The number of nitrogens with zero attached hydrogens (tertiary/aromatic N) is 2. The fourth-order valence-electron chi connectivity index (χ4n) is 4.69. The van der Waals surface area contributed by atoms with E-state index in [1.54, 1.807) is 13.0 Å². The van der Waals surface area contributed by atoms with Gasteiger partial charge in [-0.15, -0.1) is 0 Å². The van der Waals surface area contributed by atoms with Gasteiger partial charge < -0.3 is 20.3 Å². The molecule has 0 amide bonds. The van der Waals surface area contributed by atoms with E-state index < -0.39 is 0 Å². The van der Waals surface area contributed by atoms with E-state index in [1.807, 2.05) is 71.1 Å². The number of hydrogen-bond donors (Lipinski definition) is 2. The molecule has 0 saturated carbocycles. The summed E-state index contributed by atoms with van der Waals surface area (Å²) in [4.78, 5) is 4.86. The van der Waals surface area contributed by atoms with Gasteiger partial charge in [0.15, 0.2) is 0 Å². The molecule has 0 aromatic heterocycles. The van der Waals surface area contributed by atoms with Gasteiger partial charge in [-0.25, -0.2) is 0 Å². The second-order valence-corrected chi connectivity index (χ2v) is 10.1. The summed E-state index contributed by atoms with van der Waals surface area (Å²) in [5, 5.41) is 16.1. The van der Waals surface area contributed by atoms with Crippen molar-refractivity contribution >= 4 is 11.4 Å². The number of rotatable bonds is 6. The van der Waals surface area contributed by atoms with Crippen molar-refractivity contribution in [2.45, 2.75) is 48.5 Å². The summed E-state index contributed by atoms with van der Waals surface area (Å²) in [6.07, 6.45) is 15.7. The lowest BCUT2D eigenvalue weighted by Gasteiger charge is -2.62. The number of nitrogens with one attached hydrogen (secondary N) is 1. The van der Waals surface area contributed by atoms with Crippen LogP contribution in [0.15, 0.2) is 121 Å². The Morgan fingerprint density at radius 3 is 2.10 bits per heavy atom. The van der Waals surface area contributed by atoms with Crippen LogP contribution in [-0.4, -0.2) is 48.5 Å². The van der Waals surface area contributed by atoms with Crippen molar-refractivity contribution in [1.29, 1.82) is 5.41 Å². The van der Waals surface area contributed by atoms with E-state index in [2.05, 4.69) is 66.8 Å². The van der Waals surface area contributed by atoms with Crippen LogP contribution in [0, 0.1) is 17.7 Å². The van der Waals surface area contributed by atoms with E-state index >= 15 is 0 Å². The zero-order valence-corrected chi connectivity index (χ0v) is 25.9. The first-order valence-corrected chi connectivity index (χ1v) is 14.3. The summed E-state index contributed by atoms with van der Waals surface area (Å²) >= 11 is 0. The maximum absolute atomic E-state index is 8.50. The molecular weight excluding hydrogens is 490 g/mol. The van der Waals surface area contributed by atoms with Gasteiger partial charge in [-0.1, -0.05) is 81.7 Å². The molecule has 3 aliphatic rings. The van der Waals surface area contributed by atoms with Gasteiger partial charge in [0.1, 0.15) is 0 Å². The predicted octanol–water partition coefficient (Wildman–Crippen LogP) is 8.37. The minimum atomic E-state index is 0.250. The lowest BCUT2D eigenvalue weighted by molar-refractivity contribution is 0.00646. The topological polar surface area (TPSA) is 50.6 Å². The van der Waals surface area contributed by atoms with Gasteiger partial charge in [-0.2, -0.15) is 0 Å². The third-order valence-electron chi connectivity index (χ3n) is 6.63. The number of anilines is 1. The zero-order valence-electron chi connectivity index (χ0n) is 25.9. The molecule has 2 heterocycles. The van der Waals surface area contributed by atoms with Crippen LogP contribution in [0.25, 0.3) is 0 Å². The van der Waals surface area contributed by atoms with E-state index in [1.165, 1.54) is 11.3 Å². The smallest absolute Gasteiger partial charge is 0.0633 e. The minimum Gasteiger partial charge on any atom is -0.397 e. The van der Waals surface area contributed by atoms with Crippen molar-refractivity contribution in [1.82, 2.24) is 4.90 Å². The lowest BCUT2D eigenvalue weighted by Crippen LogP contribution is -2.71. The highest BCUT2D eigenvalue weighted by molar-refractivity contribution is 6.10. The molecule has 0 radical (unpaired) electrons. The minimum absolute atomic E-state index is 0.250. The lowest BCUT2D eigenvalue weighted by atomic mass is 9.72. The van der Waals surface area contributed by atoms with E-state index in [-0.39, 0.29) is 6.61 Å². The molecule has 1 spiro atoms. The number of benzene rings is 1. The highest BCUT2D eigenvalue weighted by Gasteiger charge is 2.52. The quantitative estimate of drug-likeness (QED) is 0.281. The van der Waals surface area contributed by atoms with Crippen LogP contribution in [0.5, 0.6) is 0 Å². The molecular formula is C36H51N3O. The Kier molecular flexibility index (Phi) is 14.7. The van der Waals surface area contributed by atoms with Crippen LogP contribution in [0.3, 0.4) is 0 Å². The van der Waals surface area contributed by atoms with Crippen molar-refractivity contribution < 1.29 is 5.11 Å². The first kappa shape index (κ1) is 34.4. The molecule has 0 atom stereocenters. The van der Waals surface area contributed by atoms with Gasteiger partial charge in [-0.05, 0) is 81.7 Å². The summed E-state index contributed by atoms with van der Waals surface area (Å²) in [5.41, 5.74) is 8.32. The largest absolute Gasteiger partial charge is 0.397 e. The molecule has 2 N–H and O–H groups in total. The summed E-state index contributed by atoms with van der Waals surface area (Å²) in [6, 6.07) is 8.75. The molecule has 2 aliphatic heterocycles.